The van der Waals surface area contributed by atoms with E-state index in [1.807, 2.05) is 12.1 Å². The number of aromatic hydroxyl groups is 1. The smallest absolute Gasteiger partial charge is 0.261 e. The quantitative estimate of drug-likeness (QED) is 0.495. The molecule has 0 aliphatic rings. The number of aryl methyl sites for hydroxylation is 1. The number of hydrogen-bond donors (Lipinski definition) is 3. The first-order chi connectivity index (χ1) is 13.9. The van der Waals surface area contributed by atoms with Crippen LogP contribution in [0.2, 0.25) is 0 Å². The first kappa shape index (κ1) is 20.4. The molecule has 150 valence electrons. The fourth-order valence-corrected chi connectivity index (χ4v) is 3.87. The third kappa shape index (κ3) is 5.83. The van der Waals surface area contributed by atoms with Gasteiger partial charge in [-0.1, -0.05) is 36.4 Å². The first-order valence-electron chi connectivity index (χ1n) is 9.18. The molecule has 0 bridgehead atoms. The van der Waals surface area contributed by atoms with E-state index in [4.69, 9.17) is 0 Å². The maximum Gasteiger partial charge on any atom is 0.261 e. The van der Waals surface area contributed by atoms with E-state index in [-0.39, 0.29) is 16.6 Å². The topological polar surface area (TPSA) is 95.5 Å². The van der Waals surface area contributed by atoms with Crippen molar-refractivity contribution < 1.29 is 18.3 Å². The highest BCUT2D eigenvalue weighted by Gasteiger charge is 2.14. The molecule has 29 heavy (non-hydrogen) atoms. The average molecular weight is 410 g/mol. The summed E-state index contributed by atoms with van der Waals surface area (Å²) in [5.74, 6) is -0.0405. The molecular formula is C22H22N2O4S. The Labute approximate surface area is 170 Å². The number of nitrogens with one attached hydrogen (secondary N) is 2. The molecule has 0 spiro atoms. The molecule has 0 aliphatic carbocycles. The van der Waals surface area contributed by atoms with Crippen LogP contribution in [0, 0.1) is 0 Å². The maximum absolute atomic E-state index is 12.4. The number of rotatable bonds is 8. The number of phenols is 1. The van der Waals surface area contributed by atoms with E-state index >= 15 is 0 Å². The fourth-order valence-electron chi connectivity index (χ4n) is 2.80. The molecule has 6 nitrogen and oxygen atoms in total. The van der Waals surface area contributed by atoms with E-state index < -0.39 is 10.0 Å². The van der Waals surface area contributed by atoms with E-state index in [0.29, 0.717) is 17.8 Å². The van der Waals surface area contributed by atoms with Gasteiger partial charge in [-0.15, -0.1) is 0 Å². The third-order valence-corrected chi connectivity index (χ3v) is 5.69. The molecule has 0 aliphatic heterocycles. The van der Waals surface area contributed by atoms with Crippen molar-refractivity contribution in [3.63, 3.8) is 0 Å². The van der Waals surface area contributed by atoms with Gasteiger partial charge in [-0.3, -0.25) is 9.52 Å². The van der Waals surface area contributed by atoms with Crippen LogP contribution < -0.4 is 10.0 Å². The molecular weight excluding hydrogens is 388 g/mol. The highest BCUT2D eigenvalue weighted by molar-refractivity contribution is 7.92. The number of carbonyl (C=O) groups is 1. The van der Waals surface area contributed by atoms with Crippen molar-refractivity contribution in [2.24, 2.45) is 0 Å². The summed E-state index contributed by atoms with van der Waals surface area (Å²) < 4.78 is 27.3. The third-order valence-electron chi connectivity index (χ3n) is 4.29. The van der Waals surface area contributed by atoms with Crippen molar-refractivity contribution in [3.05, 3.63) is 90.0 Å². The van der Waals surface area contributed by atoms with E-state index in [0.717, 1.165) is 18.4 Å². The van der Waals surface area contributed by atoms with Gasteiger partial charge in [0.25, 0.3) is 15.9 Å². The van der Waals surface area contributed by atoms with Gasteiger partial charge in [0, 0.05) is 17.8 Å². The van der Waals surface area contributed by atoms with Gasteiger partial charge < -0.3 is 10.4 Å². The van der Waals surface area contributed by atoms with Crippen LogP contribution in [0.25, 0.3) is 0 Å². The number of hydrogen-bond acceptors (Lipinski definition) is 4. The molecule has 0 unspecified atom stereocenters. The molecule has 7 heteroatoms. The molecule has 1 amide bonds. The van der Waals surface area contributed by atoms with Crippen molar-refractivity contribution in [1.82, 2.24) is 5.32 Å². The molecule has 3 aromatic carbocycles. The van der Waals surface area contributed by atoms with Crippen molar-refractivity contribution in [2.75, 3.05) is 11.3 Å². The van der Waals surface area contributed by atoms with Gasteiger partial charge in [-0.05, 0) is 60.9 Å². The van der Waals surface area contributed by atoms with Crippen molar-refractivity contribution in [2.45, 2.75) is 17.7 Å². The molecule has 0 saturated carbocycles. The second-order valence-corrected chi connectivity index (χ2v) is 8.21. The highest BCUT2D eigenvalue weighted by atomic mass is 32.2. The maximum atomic E-state index is 12.4. The van der Waals surface area contributed by atoms with Gasteiger partial charge >= 0.3 is 0 Å². The first-order valence-corrected chi connectivity index (χ1v) is 10.7. The fraction of sp³-hybridized carbons (Fsp3) is 0.136. The summed E-state index contributed by atoms with van der Waals surface area (Å²) in [6.07, 6.45) is 1.52. The minimum absolute atomic E-state index is 0.157. The summed E-state index contributed by atoms with van der Waals surface area (Å²) >= 11 is 0. The molecule has 0 saturated heterocycles. The van der Waals surface area contributed by atoms with E-state index in [1.165, 1.54) is 18.2 Å². The van der Waals surface area contributed by atoms with Gasteiger partial charge in [0.15, 0.2) is 0 Å². The Morgan fingerprint density at radius 1 is 0.897 bits per heavy atom. The Kier molecular flexibility index (Phi) is 6.51. The highest BCUT2D eigenvalue weighted by Crippen LogP contribution is 2.17. The lowest BCUT2D eigenvalue weighted by Crippen LogP contribution is -2.25. The van der Waals surface area contributed by atoms with Crippen LogP contribution in [0.15, 0.2) is 83.8 Å². The monoisotopic (exact) mass is 410 g/mol. The van der Waals surface area contributed by atoms with Gasteiger partial charge in [0.2, 0.25) is 0 Å². The van der Waals surface area contributed by atoms with Gasteiger partial charge in [0.1, 0.15) is 5.75 Å². The number of anilines is 1. The predicted molar refractivity (Wildman–Crippen MR) is 112 cm³/mol. The molecule has 0 fully saturated rings. The van der Waals surface area contributed by atoms with E-state index in [2.05, 4.69) is 10.0 Å². The SMILES string of the molecule is O=C(NCCCc1ccc(O)cc1)c1cccc(NS(=O)(=O)c2ccccc2)c1. The van der Waals surface area contributed by atoms with Crippen molar-refractivity contribution in [3.8, 4) is 5.75 Å². The number of phenolic OH excluding ortho intramolecular Hbond substituents is 1. The lowest BCUT2D eigenvalue weighted by atomic mass is 10.1. The van der Waals surface area contributed by atoms with E-state index in [1.54, 1.807) is 48.5 Å². The summed E-state index contributed by atoms with van der Waals surface area (Å²) in [4.78, 5) is 12.5. The normalized spacial score (nSPS) is 11.0. The standard InChI is InChI=1S/C22H22N2O4S/c25-20-13-11-17(12-14-20)6-5-15-23-22(26)18-7-4-8-19(16-18)24-29(27,28)21-9-2-1-3-10-21/h1-4,7-14,16,24-25H,5-6,15H2,(H,23,26). The van der Waals surface area contributed by atoms with Gasteiger partial charge in [0.05, 0.1) is 4.90 Å². The number of amides is 1. The minimum atomic E-state index is -3.71. The van der Waals surface area contributed by atoms with Crippen LogP contribution in [0.4, 0.5) is 5.69 Å². The zero-order chi connectivity index (χ0) is 20.7. The zero-order valence-electron chi connectivity index (χ0n) is 15.7. The number of carbonyl (C=O) groups excluding carboxylic acids is 1. The molecule has 0 heterocycles. The van der Waals surface area contributed by atoms with Gasteiger partial charge in [-0.25, -0.2) is 8.42 Å². The Hall–Kier alpha value is -3.32. The molecule has 0 atom stereocenters. The second kappa shape index (κ2) is 9.25. The molecule has 0 radical (unpaired) electrons. The number of sulfonamides is 1. The predicted octanol–water partition coefficient (Wildman–Crippen LogP) is 3.56. The average Bonchev–Trinajstić information content (AvgIpc) is 2.73. The Morgan fingerprint density at radius 2 is 1.62 bits per heavy atom. The van der Waals surface area contributed by atoms with Crippen LogP contribution >= 0.6 is 0 Å². The largest absolute Gasteiger partial charge is 0.508 e. The lowest BCUT2D eigenvalue weighted by molar-refractivity contribution is 0.0953. The Morgan fingerprint density at radius 3 is 2.34 bits per heavy atom. The molecule has 3 rings (SSSR count). The molecule has 3 aromatic rings. The van der Waals surface area contributed by atoms with Crippen LogP contribution in [0.3, 0.4) is 0 Å². The Balaban J connectivity index is 1.56. The van der Waals surface area contributed by atoms with Crippen molar-refractivity contribution >= 4 is 21.6 Å². The molecule has 3 N–H and O–H groups in total. The van der Waals surface area contributed by atoms with Crippen LogP contribution in [0.1, 0.15) is 22.3 Å². The minimum Gasteiger partial charge on any atom is -0.508 e. The van der Waals surface area contributed by atoms with Crippen LogP contribution in [-0.4, -0.2) is 26.0 Å². The van der Waals surface area contributed by atoms with Crippen LogP contribution in [-0.2, 0) is 16.4 Å². The lowest BCUT2D eigenvalue weighted by Gasteiger charge is -2.10. The summed E-state index contributed by atoms with van der Waals surface area (Å²) in [6, 6.07) is 21.4. The summed E-state index contributed by atoms with van der Waals surface area (Å²) in [6.45, 7) is 0.486. The van der Waals surface area contributed by atoms with Crippen molar-refractivity contribution in [1.29, 1.82) is 0 Å². The van der Waals surface area contributed by atoms with E-state index in [9.17, 15) is 18.3 Å². The van der Waals surface area contributed by atoms with Gasteiger partial charge in [-0.2, -0.15) is 0 Å². The second-order valence-electron chi connectivity index (χ2n) is 6.53. The zero-order valence-corrected chi connectivity index (χ0v) is 16.5. The Bertz CT molecular complexity index is 1070. The molecule has 0 aromatic heterocycles. The number of benzene rings is 3. The summed E-state index contributed by atoms with van der Waals surface area (Å²) in [5, 5.41) is 12.1. The van der Waals surface area contributed by atoms with Crippen LogP contribution in [0.5, 0.6) is 5.75 Å². The summed E-state index contributed by atoms with van der Waals surface area (Å²) in [7, 11) is -3.71. The summed E-state index contributed by atoms with van der Waals surface area (Å²) in [5.41, 5.74) is 1.78.